The summed E-state index contributed by atoms with van der Waals surface area (Å²) in [5.41, 5.74) is 0.199. The van der Waals surface area contributed by atoms with E-state index in [1.165, 1.54) is 24.3 Å². The van der Waals surface area contributed by atoms with Crippen LogP contribution in [0.3, 0.4) is 0 Å². The van der Waals surface area contributed by atoms with Crippen molar-refractivity contribution < 1.29 is 19.5 Å². The van der Waals surface area contributed by atoms with E-state index in [1.807, 2.05) is 0 Å². The van der Waals surface area contributed by atoms with Crippen LogP contribution in [0, 0.1) is 22.7 Å². The number of carboxylic acids is 1. The number of carbonyl (C=O) groups excluding carboxylic acids is 2. The summed E-state index contributed by atoms with van der Waals surface area (Å²) in [5, 5.41) is 30.1. The summed E-state index contributed by atoms with van der Waals surface area (Å²) in [4.78, 5) is 37.8. The highest BCUT2D eigenvalue weighted by atomic mass is 32.2. The molecule has 0 radical (unpaired) electrons. The van der Waals surface area contributed by atoms with E-state index < -0.39 is 23.0 Å². The molecule has 1 saturated heterocycles. The second-order valence-electron chi connectivity index (χ2n) is 6.12. The topological polar surface area (TPSA) is 134 Å². The lowest BCUT2D eigenvalue weighted by atomic mass is 10.1. The van der Waals surface area contributed by atoms with Gasteiger partial charge in [-0.15, -0.1) is 0 Å². The molecule has 0 spiro atoms. The lowest BCUT2D eigenvalue weighted by Crippen LogP contribution is -2.32. The minimum absolute atomic E-state index is 0.00885. The number of carbonyl (C=O) groups is 3. The van der Waals surface area contributed by atoms with Crippen molar-refractivity contribution in [2.24, 2.45) is 0 Å². The molecule has 8 nitrogen and oxygen atoms in total. The largest absolute Gasteiger partial charge is 0.478 e. The van der Waals surface area contributed by atoms with Gasteiger partial charge in [0.05, 0.1) is 16.5 Å². The van der Waals surface area contributed by atoms with Gasteiger partial charge in [0.25, 0.3) is 0 Å². The summed E-state index contributed by atoms with van der Waals surface area (Å²) >= 11 is 0.893. The fraction of sp³-hybridized carbons (Fsp3) is 0.0952. The normalized spacial score (nSPS) is 15.3. The molecule has 30 heavy (non-hydrogen) atoms. The highest BCUT2D eigenvalue weighted by molar-refractivity contribution is 8.04. The monoisotopic (exact) mass is 418 g/mol. The van der Waals surface area contributed by atoms with Gasteiger partial charge in [-0.25, -0.2) is 9.69 Å². The number of rotatable bonds is 6. The van der Waals surface area contributed by atoms with Gasteiger partial charge in [0, 0.05) is 12.1 Å². The van der Waals surface area contributed by atoms with Crippen LogP contribution in [0.4, 0.5) is 11.4 Å². The molecule has 2 aromatic carbocycles. The van der Waals surface area contributed by atoms with Crippen molar-refractivity contribution in [2.75, 3.05) is 10.2 Å². The Bertz CT molecular complexity index is 1120. The highest BCUT2D eigenvalue weighted by Crippen LogP contribution is 2.36. The molecule has 3 rings (SSSR count). The number of anilines is 2. The van der Waals surface area contributed by atoms with Crippen LogP contribution in [-0.2, 0) is 9.59 Å². The number of thioether (sulfide) groups is 1. The lowest BCUT2D eigenvalue weighted by Gasteiger charge is -2.18. The molecule has 2 amide bonds. The summed E-state index contributed by atoms with van der Waals surface area (Å²) in [6.07, 6.45) is -0.193. The quantitative estimate of drug-likeness (QED) is 0.540. The summed E-state index contributed by atoms with van der Waals surface area (Å²) < 4.78 is 0. The minimum atomic E-state index is -1.26. The number of amides is 2. The molecular weight excluding hydrogens is 404 g/mol. The van der Waals surface area contributed by atoms with E-state index in [9.17, 15) is 30.0 Å². The first-order chi connectivity index (χ1) is 14.5. The number of allylic oxidation sites excluding steroid dienone is 1. The van der Waals surface area contributed by atoms with Crippen molar-refractivity contribution >= 4 is 40.9 Å². The minimum Gasteiger partial charge on any atom is -0.478 e. The Hall–Kier alpha value is -4.08. The van der Waals surface area contributed by atoms with Gasteiger partial charge in [-0.3, -0.25) is 9.59 Å². The van der Waals surface area contributed by atoms with Gasteiger partial charge in [-0.1, -0.05) is 42.1 Å². The van der Waals surface area contributed by atoms with Crippen molar-refractivity contribution in [1.29, 1.82) is 10.5 Å². The number of hydrogen-bond acceptors (Lipinski definition) is 7. The third kappa shape index (κ3) is 4.17. The maximum absolute atomic E-state index is 13.0. The molecular formula is C21H14N4O4S. The van der Waals surface area contributed by atoms with Gasteiger partial charge in [0.1, 0.15) is 17.2 Å². The predicted octanol–water partition coefficient (Wildman–Crippen LogP) is 3.12. The highest BCUT2D eigenvalue weighted by Gasteiger charge is 2.42. The number of nitrogens with zero attached hydrogens (tertiary/aromatic N) is 3. The summed E-state index contributed by atoms with van der Waals surface area (Å²) in [7, 11) is 0. The molecule has 2 N–H and O–H groups in total. The smallest absolute Gasteiger partial charge is 0.337 e. The van der Waals surface area contributed by atoms with E-state index in [0.717, 1.165) is 16.7 Å². The molecule has 1 unspecified atom stereocenters. The zero-order chi connectivity index (χ0) is 21.7. The van der Waals surface area contributed by atoms with Crippen LogP contribution < -0.4 is 10.2 Å². The Kier molecular flexibility index (Phi) is 6.16. The van der Waals surface area contributed by atoms with E-state index in [0.29, 0.717) is 5.69 Å². The molecule has 9 heteroatoms. The van der Waals surface area contributed by atoms with Crippen LogP contribution >= 0.6 is 11.8 Å². The van der Waals surface area contributed by atoms with E-state index >= 15 is 0 Å². The molecule has 0 aliphatic carbocycles. The maximum Gasteiger partial charge on any atom is 0.337 e. The SMILES string of the molecule is N#CC(C#N)=C(Nc1ccccc1)SC1CC(=O)N(c2ccccc2C(=O)O)C1=O. The van der Waals surface area contributed by atoms with E-state index in [1.54, 1.807) is 42.5 Å². The molecule has 0 bridgehead atoms. The third-order valence-electron chi connectivity index (χ3n) is 4.22. The standard InChI is InChI=1S/C21H14N4O4S/c22-11-13(12-23)19(24-14-6-2-1-3-7-14)30-17-10-18(26)25(20(17)27)16-9-5-4-8-15(16)21(28)29/h1-9,17,24H,10H2,(H,28,29). The molecule has 2 aromatic rings. The Morgan fingerprint density at radius 3 is 2.33 bits per heavy atom. The van der Waals surface area contributed by atoms with Gasteiger partial charge in [-0.2, -0.15) is 10.5 Å². The number of imide groups is 1. The van der Waals surface area contributed by atoms with Crippen molar-refractivity contribution in [3.63, 3.8) is 0 Å². The molecule has 1 atom stereocenters. The number of nitriles is 2. The van der Waals surface area contributed by atoms with Crippen molar-refractivity contribution in [3.05, 3.63) is 70.8 Å². The van der Waals surface area contributed by atoms with Gasteiger partial charge in [-0.05, 0) is 24.3 Å². The van der Waals surface area contributed by atoms with E-state index in [4.69, 9.17) is 0 Å². The Morgan fingerprint density at radius 1 is 1.07 bits per heavy atom. The predicted molar refractivity (Wildman–Crippen MR) is 110 cm³/mol. The Balaban J connectivity index is 1.91. The number of hydrogen-bond donors (Lipinski definition) is 2. The molecule has 1 fully saturated rings. The molecule has 148 valence electrons. The zero-order valence-electron chi connectivity index (χ0n) is 15.4. The number of benzene rings is 2. The Labute approximate surface area is 176 Å². The average Bonchev–Trinajstić information content (AvgIpc) is 3.02. The first-order valence-corrected chi connectivity index (χ1v) is 9.56. The van der Waals surface area contributed by atoms with Gasteiger partial charge in [0.2, 0.25) is 11.8 Å². The Morgan fingerprint density at radius 2 is 1.70 bits per heavy atom. The van der Waals surface area contributed by atoms with Gasteiger partial charge >= 0.3 is 5.97 Å². The first kappa shape index (κ1) is 20.6. The van der Waals surface area contributed by atoms with E-state index in [-0.39, 0.29) is 28.3 Å². The van der Waals surface area contributed by atoms with Gasteiger partial charge in [0.15, 0.2) is 5.57 Å². The van der Waals surface area contributed by atoms with Crippen LogP contribution in [0.1, 0.15) is 16.8 Å². The number of carboxylic acid groups (broad SMARTS) is 1. The molecule has 1 heterocycles. The number of nitrogens with one attached hydrogen (secondary N) is 1. The molecule has 1 aliphatic heterocycles. The molecule has 1 aliphatic rings. The second kappa shape index (κ2) is 8.95. The van der Waals surface area contributed by atoms with Crippen LogP contribution in [0.15, 0.2) is 65.2 Å². The first-order valence-electron chi connectivity index (χ1n) is 8.68. The van der Waals surface area contributed by atoms with Crippen molar-refractivity contribution in [1.82, 2.24) is 0 Å². The van der Waals surface area contributed by atoms with E-state index in [2.05, 4.69) is 5.32 Å². The zero-order valence-corrected chi connectivity index (χ0v) is 16.2. The summed E-state index contributed by atoms with van der Waals surface area (Å²) in [5.74, 6) is -2.42. The van der Waals surface area contributed by atoms with Crippen molar-refractivity contribution in [3.8, 4) is 12.1 Å². The number of aromatic carboxylic acids is 1. The number of para-hydroxylation sites is 2. The maximum atomic E-state index is 13.0. The summed E-state index contributed by atoms with van der Waals surface area (Å²) in [6.45, 7) is 0. The fourth-order valence-corrected chi connectivity index (χ4v) is 3.97. The van der Waals surface area contributed by atoms with Crippen LogP contribution in [0.5, 0.6) is 0 Å². The van der Waals surface area contributed by atoms with Crippen LogP contribution in [0.2, 0.25) is 0 Å². The lowest BCUT2D eigenvalue weighted by molar-refractivity contribution is -0.121. The molecule has 0 aromatic heterocycles. The van der Waals surface area contributed by atoms with Crippen LogP contribution in [0.25, 0.3) is 0 Å². The van der Waals surface area contributed by atoms with Gasteiger partial charge < -0.3 is 10.4 Å². The fourth-order valence-electron chi connectivity index (χ4n) is 2.87. The average molecular weight is 418 g/mol. The summed E-state index contributed by atoms with van der Waals surface area (Å²) in [6, 6.07) is 18.1. The third-order valence-corrected chi connectivity index (χ3v) is 5.42. The van der Waals surface area contributed by atoms with Crippen molar-refractivity contribution in [2.45, 2.75) is 11.7 Å². The second-order valence-corrected chi connectivity index (χ2v) is 7.33. The molecule has 0 saturated carbocycles. The van der Waals surface area contributed by atoms with Crippen LogP contribution in [-0.4, -0.2) is 28.1 Å².